The zero-order valence-corrected chi connectivity index (χ0v) is 25.4. The first kappa shape index (κ1) is 31.1. The lowest BCUT2D eigenvalue weighted by atomic mass is 9.84. The Morgan fingerprint density at radius 2 is 1.91 bits per heavy atom. The molecule has 5 unspecified atom stereocenters. The molecule has 2 aromatic carbocycles. The van der Waals surface area contributed by atoms with Gasteiger partial charge in [-0.2, -0.15) is 0 Å². The molecule has 1 aliphatic carbocycles. The predicted octanol–water partition coefficient (Wildman–Crippen LogP) is 3.49. The maximum absolute atomic E-state index is 13.9. The molecule has 2 fully saturated rings. The van der Waals surface area contributed by atoms with E-state index in [1.807, 2.05) is 75.4 Å². The number of fused-ring (bicyclic) bond motifs is 1. The van der Waals surface area contributed by atoms with Crippen molar-refractivity contribution in [3.05, 3.63) is 67.3 Å². The number of nitrogens with zero attached hydrogens (tertiary/aromatic N) is 2. The van der Waals surface area contributed by atoms with Crippen LogP contribution in [0.2, 0.25) is 0 Å². The molecule has 2 radical (unpaired) electrons. The molecule has 1 aromatic heterocycles. The summed E-state index contributed by atoms with van der Waals surface area (Å²) in [6, 6.07) is 15.3. The van der Waals surface area contributed by atoms with E-state index in [1.165, 1.54) is 11.0 Å². The molecule has 11 heteroatoms. The number of carbonyl (C=O) groups excluding carboxylic acids is 2. The monoisotopic (exact) mass is 596 g/mol. The Kier molecular flexibility index (Phi) is 8.44. The van der Waals surface area contributed by atoms with Crippen LogP contribution in [0.1, 0.15) is 33.6 Å². The zero-order chi connectivity index (χ0) is 31.8. The highest BCUT2D eigenvalue weighted by molar-refractivity contribution is 6.07. The van der Waals surface area contributed by atoms with Gasteiger partial charge in [0.05, 0.1) is 30.9 Å². The molecule has 2 heterocycles. The molecule has 2 aliphatic rings. The number of ether oxygens (including phenoxy) is 2. The number of carbonyl (C=O) groups is 3. The second-order valence-electron chi connectivity index (χ2n) is 12.5. The number of benzene rings is 2. The standard InChI is InChI=1S/C33H37BN4O6/c1-6-20-17-33(20,31(41)42)36-29(39)26-15-22(18-38(26)30(40)28(37-34)32(2,3)4)44-27-16-24(19-10-8-7-9-11-19)35-25-14-21(43-5)12-13-23(25)27/h6-14,16,20,22,26,28,37H,1,15,17-18H2,2-5H3,(H,36,39)(H,41,42). The van der Waals surface area contributed by atoms with E-state index in [-0.39, 0.29) is 25.3 Å². The zero-order valence-electron chi connectivity index (χ0n) is 25.4. The number of methoxy groups -OCH3 is 1. The van der Waals surface area contributed by atoms with E-state index >= 15 is 0 Å². The second-order valence-corrected chi connectivity index (χ2v) is 12.5. The Morgan fingerprint density at radius 3 is 2.50 bits per heavy atom. The summed E-state index contributed by atoms with van der Waals surface area (Å²) >= 11 is 0. The smallest absolute Gasteiger partial charge is 0.330 e. The summed E-state index contributed by atoms with van der Waals surface area (Å²) in [6.45, 7) is 9.40. The van der Waals surface area contributed by atoms with Gasteiger partial charge in [-0.15, -0.1) is 6.58 Å². The second kappa shape index (κ2) is 12.0. The summed E-state index contributed by atoms with van der Waals surface area (Å²) in [6.07, 6.45) is 1.33. The van der Waals surface area contributed by atoms with Gasteiger partial charge < -0.3 is 30.0 Å². The van der Waals surface area contributed by atoms with Gasteiger partial charge in [-0.1, -0.05) is 57.2 Å². The molecule has 10 nitrogen and oxygen atoms in total. The van der Waals surface area contributed by atoms with Gasteiger partial charge in [0.25, 0.3) is 0 Å². The Hall–Kier alpha value is -4.38. The first-order valence-corrected chi connectivity index (χ1v) is 14.6. The first-order valence-electron chi connectivity index (χ1n) is 14.6. The number of hydrogen-bond donors (Lipinski definition) is 3. The lowest BCUT2D eigenvalue weighted by molar-refractivity contribution is -0.146. The minimum absolute atomic E-state index is 0.0940. The number of pyridine rings is 1. The lowest BCUT2D eigenvalue weighted by Crippen LogP contribution is -2.58. The lowest BCUT2D eigenvalue weighted by Gasteiger charge is -2.35. The van der Waals surface area contributed by atoms with Gasteiger partial charge in [-0.3, -0.25) is 9.59 Å². The van der Waals surface area contributed by atoms with Gasteiger partial charge in [-0.05, 0) is 24.0 Å². The molecular formula is C33H37BN4O6. The molecular weight excluding hydrogens is 559 g/mol. The summed E-state index contributed by atoms with van der Waals surface area (Å²) in [4.78, 5) is 46.0. The van der Waals surface area contributed by atoms with Crippen molar-refractivity contribution in [3.8, 4) is 22.8 Å². The van der Waals surface area contributed by atoms with Gasteiger partial charge in [0.15, 0.2) is 7.98 Å². The molecule has 3 aromatic rings. The van der Waals surface area contributed by atoms with E-state index in [0.29, 0.717) is 22.7 Å². The molecule has 0 spiro atoms. The molecule has 228 valence electrons. The van der Waals surface area contributed by atoms with E-state index in [0.717, 1.165) is 10.9 Å². The third-order valence-electron chi connectivity index (χ3n) is 8.50. The van der Waals surface area contributed by atoms with Crippen LogP contribution >= 0.6 is 0 Å². The fraction of sp³-hybridized carbons (Fsp3) is 0.394. The number of amides is 2. The Labute approximate surface area is 258 Å². The van der Waals surface area contributed by atoms with Crippen molar-refractivity contribution in [2.45, 2.75) is 57.3 Å². The summed E-state index contributed by atoms with van der Waals surface area (Å²) in [7, 11) is 7.40. The van der Waals surface area contributed by atoms with Crippen LogP contribution in [0.15, 0.2) is 67.3 Å². The Balaban J connectivity index is 1.50. The minimum atomic E-state index is -1.44. The number of carboxylic acid groups (broad SMARTS) is 1. The largest absolute Gasteiger partial charge is 0.497 e. The van der Waals surface area contributed by atoms with Crippen molar-refractivity contribution in [3.63, 3.8) is 0 Å². The summed E-state index contributed by atoms with van der Waals surface area (Å²) in [5.41, 5.74) is 0.240. The van der Waals surface area contributed by atoms with Gasteiger partial charge in [0, 0.05) is 35.4 Å². The van der Waals surface area contributed by atoms with Gasteiger partial charge >= 0.3 is 5.97 Å². The summed E-state index contributed by atoms with van der Waals surface area (Å²) < 4.78 is 12.0. The molecule has 1 saturated carbocycles. The van der Waals surface area contributed by atoms with E-state index in [1.54, 1.807) is 7.11 Å². The fourth-order valence-electron chi connectivity index (χ4n) is 5.89. The molecule has 5 rings (SSSR count). The highest BCUT2D eigenvalue weighted by Gasteiger charge is 2.61. The van der Waals surface area contributed by atoms with E-state index in [9.17, 15) is 19.5 Å². The van der Waals surface area contributed by atoms with Crippen LogP contribution in [0.5, 0.6) is 11.5 Å². The number of likely N-dealkylation sites (tertiary alicyclic amines) is 1. The van der Waals surface area contributed by atoms with Crippen molar-refractivity contribution in [2.24, 2.45) is 11.3 Å². The maximum Gasteiger partial charge on any atom is 0.330 e. The van der Waals surface area contributed by atoms with Crippen molar-refractivity contribution in [1.29, 1.82) is 0 Å². The van der Waals surface area contributed by atoms with E-state index < -0.39 is 46.9 Å². The molecule has 44 heavy (non-hydrogen) atoms. The molecule has 0 bridgehead atoms. The Bertz CT molecular complexity index is 1590. The van der Waals surface area contributed by atoms with Crippen molar-refractivity contribution in [1.82, 2.24) is 20.4 Å². The number of carboxylic acids is 1. The molecule has 5 atom stereocenters. The average molecular weight is 596 g/mol. The molecule has 2 amide bonds. The highest BCUT2D eigenvalue weighted by atomic mass is 16.5. The van der Waals surface area contributed by atoms with Crippen LogP contribution in [-0.2, 0) is 14.4 Å². The van der Waals surface area contributed by atoms with Crippen LogP contribution < -0.4 is 20.0 Å². The predicted molar refractivity (Wildman–Crippen MR) is 167 cm³/mol. The van der Waals surface area contributed by atoms with Crippen LogP contribution in [0, 0.1) is 11.3 Å². The molecule has 1 saturated heterocycles. The van der Waals surface area contributed by atoms with Crippen LogP contribution in [0.25, 0.3) is 22.2 Å². The third-order valence-corrected chi connectivity index (χ3v) is 8.50. The van der Waals surface area contributed by atoms with Crippen LogP contribution in [0.4, 0.5) is 0 Å². The van der Waals surface area contributed by atoms with Crippen molar-refractivity contribution in [2.75, 3.05) is 13.7 Å². The summed E-state index contributed by atoms with van der Waals surface area (Å²) in [5, 5.41) is 16.0. The normalized spacial score (nSPS) is 23.5. The van der Waals surface area contributed by atoms with E-state index in [4.69, 9.17) is 22.4 Å². The number of aliphatic carboxylic acids is 1. The van der Waals surface area contributed by atoms with Gasteiger partial charge in [0.1, 0.15) is 29.2 Å². The SMILES string of the molecule is [B]NC(C(=O)N1CC(Oc2cc(-c3ccccc3)nc3cc(OC)ccc23)CC1C(=O)NC1(C(=O)O)CC1C=C)C(C)(C)C. The number of rotatable bonds is 10. The summed E-state index contributed by atoms with van der Waals surface area (Å²) in [5.74, 6) is -1.29. The average Bonchev–Trinajstić information content (AvgIpc) is 3.56. The first-order chi connectivity index (χ1) is 20.9. The molecule has 1 aliphatic heterocycles. The third kappa shape index (κ3) is 5.88. The highest BCUT2D eigenvalue weighted by Crippen LogP contribution is 2.45. The maximum atomic E-state index is 13.9. The van der Waals surface area contributed by atoms with Crippen molar-refractivity contribution >= 4 is 36.7 Å². The fourth-order valence-corrected chi connectivity index (χ4v) is 5.89. The quantitative estimate of drug-likeness (QED) is 0.240. The Morgan fingerprint density at radius 1 is 1.18 bits per heavy atom. The minimum Gasteiger partial charge on any atom is -0.497 e. The molecule has 3 N–H and O–H groups in total. The topological polar surface area (TPSA) is 130 Å². The van der Waals surface area contributed by atoms with Crippen LogP contribution in [0.3, 0.4) is 0 Å². The van der Waals surface area contributed by atoms with E-state index in [2.05, 4.69) is 17.1 Å². The number of aromatic nitrogens is 1. The number of hydrogen-bond acceptors (Lipinski definition) is 7. The van der Waals surface area contributed by atoms with Crippen LogP contribution in [-0.4, -0.2) is 78.1 Å². The van der Waals surface area contributed by atoms with Gasteiger partial charge in [0.2, 0.25) is 11.8 Å². The number of nitrogens with one attached hydrogen (secondary N) is 2. The van der Waals surface area contributed by atoms with Crippen molar-refractivity contribution < 1.29 is 29.0 Å². The van der Waals surface area contributed by atoms with Gasteiger partial charge in [-0.25, -0.2) is 9.78 Å².